The Labute approximate surface area is 55.5 Å². The van der Waals surface area contributed by atoms with Gasteiger partial charge in [0.2, 0.25) is 0 Å². The van der Waals surface area contributed by atoms with E-state index in [-0.39, 0.29) is 0 Å². The van der Waals surface area contributed by atoms with Gasteiger partial charge >= 0.3 is 0 Å². The summed E-state index contributed by atoms with van der Waals surface area (Å²) in [5, 5.41) is 17.5. The Morgan fingerprint density at radius 1 is 1.00 bits per heavy atom. The van der Waals surface area contributed by atoms with Crippen LogP contribution in [0.3, 0.4) is 0 Å². The molecule has 1 saturated carbocycles. The highest BCUT2D eigenvalue weighted by Gasteiger charge is 2.26. The SMILES string of the molecule is C#C.OC1(O)CCCC1. The Bertz CT molecular complexity index is 86.3. The maximum absolute atomic E-state index is 8.75. The van der Waals surface area contributed by atoms with E-state index in [1.165, 1.54) is 0 Å². The minimum Gasteiger partial charge on any atom is -0.366 e. The summed E-state index contributed by atoms with van der Waals surface area (Å²) in [5.74, 6) is -1.31. The second kappa shape index (κ2) is 3.49. The summed E-state index contributed by atoms with van der Waals surface area (Å²) in [7, 11) is 0. The standard InChI is InChI=1S/C5H10O2.C2H2/c6-5(7)3-1-2-4-5;1-2/h6-7H,1-4H2;1-2H. The Hall–Kier alpha value is -0.520. The molecule has 0 bridgehead atoms. The first-order chi connectivity index (χ1) is 4.21. The third-order valence-electron chi connectivity index (χ3n) is 1.40. The number of aliphatic hydroxyl groups is 2. The molecule has 0 aliphatic heterocycles. The lowest BCUT2D eigenvalue weighted by molar-refractivity contribution is -0.152. The van der Waals surface area contributed by atoms with Crippen LogP contribution < -0.4 is 0 Å². The Morgan fingerprint density at radius 2 is 1.33 bits per heavy atom. The van der Waals surface area contributed by atoms with Gasteiger partial charge in [-0.1, -0.05) is 0 Å². The summed E-state index contributed by atoms with van der Waals surface area (Å²) in [6.45, 7) is 0. The zero-order chi connectivity index (χ0) is 7.33. The zero-order valence-electron chi connectivity index (χ0n) is 5.38. The molecular formula is C7H12O2. The fourth-order valence-electron chi connectivity index (χ4n) is 0.941. The molecule has 9 heavy (non-hydrogen) atoms. The van der Waals surface area contributed by atoms with Crippen LogP contribution in [0.15, 0.2) is 0 Å². The molecule has 1 rings (SSSR count). The van der Waals surface area contributed by atoms with E-state index < -0.39 is 5.79 Å². The second-order valence-electron chi connectivity index (χ2n) is 2.19. The molecule has 0 amide bonds. The maximum Gasteiger partial charge on any atom is 0.162 e. The molecule has 2 N–H and O–H groups in total. The van der Waals surface area contributed by atoms with Crippen LogP contribution in [0.25, 0.3) is 0 Å². The molecule has 0 aromatic carbocycles. The van der Waals surface area contributed by atoms with Gasteiger partial charge in [0.1, 0.15) is 0 Å². The first-order valence-electron chi connectivity index (χ1n) is 2.99. The highest BCUT2D eigenvalue weighted by atomic mass is 16.5. The molecule has 1 fully saturated rings. The van der Waals surface area contributed by atoms with E-state index in [1.807, 2.05) is 0 Å². The van der Waals surface area contributed by atoms with Crippen LogP contribution in [0.2, 0.25) is 0 Å². The van der Waals surface area contributed by atoms with Gasteiger partial charge in [-0.05, 0) is 12.8 Å². The van der Waals surface area contributed by atoms with Crippen LogP contribution in [0, 0.1) is 12.8 Å². The first kappa shape index (κ1) is 8.48. The Kier molecular flexibility index (Phi) is 3.29. The lowest BCUT2D eigenvalue weighted by Gasteiger charge is -2.11. The van der Waals surface area contributed by atoms with Crippen LogP contribution >= 0.6 is 0 Å². The molecule has 1 aliphatic carbocycles. The second-order valence-corrected chi connectivity index (χ2v) is 2.19. The predicted octanol–water partition coefficient (Wildman–Crippen LogP) is 0.491. The molecule has 0 saturated heterocycles. The molecule has 0 heterocycles. The molecule has 0 radical (unpaired) electrons. The molecule has 0 aromatic heterocycles. The summed E-state index contributed by atoms with van der Waals surface area (Å²) < 4.78 is 0. The number of hydrogen-bond donors (Lipinski definition) is 2. The summed E-state index contributed by atoms with van der Waals surface area (Å²) in [6, 6.07) is 0. The van der Waals surface area contributed by atoms with Crippen LogP contribution in [0.4, 0.5) is 0 Å². The first-order valence-corrected chi connectivity index (χ1v) is 2.99. The van der Waals surface area contributed by atoms with Crippen LogP contribution in [0.5, 0.6) is 0 Å². The van der Waals surface area contributed by atoms with Gasteiger partial charge in [0.05, 0.1) is 0 Å². The normalized spacial score (nSPS) is 22.2. The number of hydrogen-bond acceptors (Lipinski definition) is 2. The minimum absolute atomic E-state index is 0.562. The van der Waals surface area contributed by atoms with Gasteiger partial charge in [-0.2, -0.15) is 0 Å². The highest BCUT2D eigenvalue weighted by molar-refractivity contribution is 4.71. The molecule has 2 nitrogen and oxygen atoms in total. The molecule has 0 aromatic rings. The van der Waals surface area contributed by atoms with Crippen molar-refractivity contribution in [2.45, 2.75) is 31.5 Å². The van der Waals surface area contributed by atoms with E-state index >= 15 is 0 Å². The Balaban J connectivity index is 0.000000291. The van der Waals surface area contributed by atoms with Gasteiger partial charge in [0, 0.05) is 12.8 Å². The predicted molar refractivity (Wildman–Crippen MR) is 35.5 cm³/mol. The maximum atomic E-state index is 8.75. The van der Waals surface area contributed by atoms with E-state index in [4.69, 9.17) is 10.2 Å². The zero-order valence-corrected chi connectivity index (χ0v) is 5.38. The monoisotopic (exact) mass is 128 g/mol. The summed E-state index contributed by atoms with van der Waals surface area (Å²) in [6.07, 6.45) is 11.1. The molecule has 2 heteroatoms. The smallest absolute Gasteiger partial charge is 0.162 e. The van der Waals surface area contributed by atoms with E-state index in [0.717, 1.165) is 12.8 Å². The highest BCUT2D eigenvalue weighted by Crippen LogP contribution is 2.25. The van der Waals surface area contributed by atoms with E-state index in [9.17, 15) is 0 Å². The molecule has 1 aliphatic rings. The van der Waals surface area contributed by atoms with Crippen molar-refractivity contribution in [3.63, 3.8) is 0 Å². The number of terminal acetylenes is 1. The average molecular weight is 128 g/mol. The third-order valence-corrected chi connectivity index (χ3v) is 1.40. The van der Waals surface area contributed by atoms with E-state index in [1.54, 1.807) is 0 Å². The van der Waals surface area contributed by atoms with Crippen LogP contribution in [-0.2, 0) is 0 Å². The van der Waals surface area contributed by atoms with Crippen molar-refractivity contribution in [2.75, 3.05) is 0 Å². The van der Waals surface area contributed by atoms with Gasteiger partial charge in [-0.15, -0.1) is 12.8 Å². The van der Waals surface area contributed by atoms with Crippen molar-refractivity contribution >= 4 is 0 Å². The molecule has 0 atom stereocenters. The molecular weight excluding hydrogens is 116 g/mol. The average Bonchev–Trinajstić information content (AvgIpc) is 2.19. The van der Waals surface area contributed by atoms with Gasteiger partial charge in [-0.3, -0.25) is 0 Å². The van der Waals surface area contributed by atoms with Gasteiger partial charge in [0.25, 0.3) is 0 Å². The van der Waals surface area contributed by atoms with Crippen molar-refractivity contribution in [1.29, 1.82) is 0 Å². The van der Waals surface area contributed by atoms with Crippen molar-refractivity contribution < 1.29 is 10.2 Å². The summed E-state index contributed by atoms with van der Waals surface area (Å²) in [4.78, 5) is 0. The van der Waals surface area contributed by atoms with Crippen LogP contribution in [0.1, 0.15) is 25.7 Å². The quantitative estimate of drug-likeness (QED) is 0.368. The van der Waals surface area contributed by atoms with Crippen LogP contribution in [-0.4, -0.2) is 16.0 Å². The van der Waals surface area contributed by atoms with Crippen molar-refractivity contribution in [3.05, 3.63) is 0 Å². The molecule has 0 spiro atoms. The third kappa shape index (κ3) is 3.12. The Morgan fingerprint density at radius 3 is 1.44 bits per heavy atom. The van der Waals surface area contributed by atoms with Gasteiger partial charge in [0.15, 0.2) is 5.79 Å². The van der Waals surface area contributed by atoms with E-state index in [2.05, 4.69) is 12.8 Å². The summed E-state index contributed by atoms with van der Waals surface area (Å²) in [5.41, 5.74) is 0. The fourth-order valence-corrected chi connectivity index (χ4v) is 0.941. The van der Waals surface area contributed by atoms with Crippen molar-refractivity contribution in [3.8, 4) is 12.8 Å². The minimum atomic E-state index is -1.31. The molecule has 0 unspecified atom stereocenters. The lowest BCUT2D eigenvalue weighted by Crippen LogP contribution is -2.21. The summed E-state index contributed by atoms with van der Waals surface area (Å²) >= 11 is 0. The van der Waals surface area contributed by atoms with E-state index in [0.29, 0.717) is 12.8 Å². The largest absolute Gasteiger partial charge is 0.366 e. The van der Waals surface area contributed by atoms with Gasteiger partial charge < -0.3 is 10.2 Å². The number of rotatable bonds is 0. The van der Waals surface area contributed by atoms with Crippen molar-refractivity contribution in [1.82, 2.24) is 0 Å². The van der Waals surface area contributed by atoms with Gasteiger partial charge in [-0.25, -0.2) is 0 Å². The molecule has 52 valence electrons. The topological polar surface area (TPSA) is 40.5 Å². The lowest BCUT2D eigenvalue weighted by atomic mass is 10.2. The fraction of sp³-hybridized carbons (Fsp3) is 0.714. The van der Waals surface area contributed by atoms with Crippen molar-refractivity contribution in [2.24, 2.45) is 0 Å².